The molecule has 0 spiro atoms. The Balaban J connectivity index is 2.34. The second kappa shape index (κ2) is 6.02. The van der Waals surface area contributed by atoms with E-state index < -0.39 is 0 Å². The maximum absolute atomic E-state index is 11.5. The van der Waals surface area contributed by atoms with Crippen molar-refractivity contribution in [3.63, 3.8) is 0 Å². The zero-order chi connectivity index (χ0) is 12.9. The molecule has 4 heteroatoms. The van der Waals surface area contributed by atoms with Crippen LogP contribution in [0.2, 0.25) is 0 Å². The van der Waals surface area contributed by atoms with Crippen LogP contribution in [-0.4, -0.2) is 37.5 Å². The molecule has 1 atom stereocenters. The Hall–Kier alpha value is -1.08. The summed E-state index contributed by atoms with van der Waals surface area (Å²) in [5, 5.41) is 11.4. The van der Waals surface area contributed by atoms with Crippen LogP contribution in [0, 0.1) is 22.7 Å². The summed E-state index contributed by atoms with van der Waals surface area (Å²) in [6.45, 7) is 7.39. The molecule has 1 fully saturated rings. The fourth-order valence-corrected chi connectivity index (χ4v) is 2.30. The van der Waals surface area contributed by atoms with Gasteiger partial charge in [0.2, 0.25) is 5.91 Å². The molecular weight excluding hydrogens is 214 g/mol. The van der Waals surface area contributed by atoms with Gasteiger partial charge in [0.1, 0.15) is 0 Å². The van der Waals surface area contributed by atoms with Gasteiger partial charge in [-0.15, -0.1) is 0 Å². The molecule has 0 aromatic heterocycles. The molecule has 1 unspecified atom stereocenters. The molecule has 17 heavy (non-hydrogen) atoms. The molecule has 1 rings (SSSR count). The molecule has 1 amide bonds. The lowest BCUT2D eigenvalue weighted by Gasteiger charge is -2.31. The normalized spacial score (nSPS) is 21.2. The van der Waals surface area contributed by atoms with Crippen molar-refractivity contribution in [1.29, 1.82) is 5.26 Å². The number of hydrogen-bond donors (Lipinski definition) is 1. The summed E-state index contributed by atoms with van der Waals surface area (Å²) in [7, 11) is 2.14. The van der Waals surface area contributed by atoms with Crippen LogP contribution >= 0.6 is 0 Å². The molecule has 1 heterocycles. The molecule has 1 aliphatic heterocycles. The van der Waals surface area contributed by atoms with Gasteiger partial charge in [-0.25, -0.2) is 0 Å². The summed E-state index contributed by atoms with van der Waals surface area (Å²) in [5.41, 5.74) is 0.132. The van der Waals surface area contributed by atoms with E-state index in [1.165, 1.54) is 6.42 Å². The second-order valence-corrected chi connectivity index (χ2v) is 5.67. The molecule has 0 saturated carbocycles. The zero-order valence-corrected chi connectivity index (χ0v) is 11.1. The van der Waals surface area contributed by atoms with E-state index in [9.17, 15) is 4.79 Å². The van der Waals surface area contributed by atoms with Crippen LogP contribution < -0.4 is 5.32 Å². The van der Waals surface area contributed by atoms with Gasteiger partial charge in [0.25, 0.3) is 0 Å². The zero-order valence-electron chi connectivity index (χ0n) is 11.1. The Morgan fingerprint density at radius 2 is 2.29 bits per heavy atom. The summed E-state index contributed by atoms with van der Waals surface area (Å²) in [6.07, 6.45) is 1.83. The summed E-state index contributed by atoms with van der Waals surface area (Å²) < 4.78 is 0. The highest BCUT2D eigenvalue weighted by Gasteiger charge is 2.33. The Morgan fingerprint density at radius 1 is 1.59 bits per heavy atom. The highest BCUT2D eigenvalue weighted by atomic mass is 16.1. The topological polar surface area (TPSA) is 56.1 Å². The lowest BCUT2D eigenvalue weighted by molar-refractivity contribution is -0.121. The third-order valence-corrected chi connectivity index (χ3v) is 3.70. The molecule has 0 bridgehead atoms. The molecule has 0 aromatic carbocycles. The van der Waals surface area contributed by atoms with Gasteiger partial charge in [0.05, 0.1) is 6.07 Å². The molecule has 1 saturated heterocycles. The number of carbonyl (C=O) groups excluding carboxylic acids is 1. The SMILES string of the molecule is CN1CCC(C(C)(C)CNC(=O)CCC#N)C1. The first-order valence-corrected chi connectivity index (χ1v) is 6.28. The largest absolute Gasteiger partial charge is 0.356 e. The fourth-order valence-electron chi connectivity index (χ4n) is 2.30. The first kappa shape index (κ1) is 14.0. The number of rotatable bonds is 5. The van der Waals surface area contributed by atoms with Crippen molar-refractivity contribution in [1.82, 2.24) is 10.2 Å². The third-order valence-electron chi connectivity index (χ3n) is 3.70. The summed E-state index contributed by atoms with van der Waals surface area (Å²) in [6, 6.07) is 1.99. The van der Waals surface area contributed by atoms with Crippen LogP contribution in [0.15, 0.2) is 0 Å². The van der Waals surface area contributed by atoms with Crippen LogP contribution in [0.25, 0.3) is 0 Å². The first-order chi connectivity index (χ1) is 7.95. The van der Waals surface area contributed by atoms with Crippen LogP contribution in [0.3, 0.4) is 0 Å². The summed E-state index contributed by atoms with van der Waals surface area (Å²) in [4.78, 5) is 13.8. The lowest BCUT2D eigenvalue weighted by Crippen LogP contribution is -2.39. The van der Waals surface area contributed by atoms with Gasteiger partial charge in [0, 0.05) is 25.9 Å². The van der Waals surface area contributed by atoms with Crippen molar-refractivity contribution in [3.8, 4) is 6.07 Å². The quantitative estimate of drug-likeness (QED) is 0.786. The number of nitrogens with one attached hydrogen (secondary N) is 1. The van der Waals surface area contributed by atoms with E-state index in [1.54, 1.807) is 0 Å². The van der Waals surface area contributed by atoms with Crippen LogP contribution in [0.1, 0.15) is 33.1 Å². The smallest absolute Gasteiger partial charge is 0.221 e. The minimum absolute atomic E-state index is 0.00836. The maximum atomic E-state index is 11.5. The van der Waals surface area contributed by atoms with Crippen molar-refractivity contribution in [2.24, 2.45) is 11.3 Å². The summed E-state index contributed by atoms with van der Waals surface area (Å²) in [5.74, 6) is 0.634. The Kier molecular flexibility index (Phi) is 4.95. The Morgan fingerprint density at radius 3 is 2.82 bits per heavy atom. The average molecular weight is 237 g/mol. The Labute approximate surface area is 104 Å². The molecule has 1 aliphatic rings. The van der Waals surface area contributed by atoms with E-state index in [0.29, 0.717) is 25.3 Å². The van der Waals surface area contributed by atoms with Crippen molar-refractivity contribution in [2.45, 2.75) is 33.1 Å². The highest BCUT2D eigenvalue weighted by Crippen LogP contribution is 2.33. The highest BCUT2D eigenvalue weighted by molar-refractivity contribution is 5.76. The average Bonchev–Trinajstić information content (AvgIpc) is 2.71. The van der Waals surface area contributed by atoms with Crippen LogP contribution in [0.5, 0.6) is 0 Å². The first-order valence-electron chi connectivity index (χ1n) is 6.28. The molecule has 0 aromatic rings. The minimum atomic E-state index is -0.00836. The third kappa shape index (κ3) is 4.35. The fraction of sp³-hybridized carbons (Fsp3) is 0.846. The van der Waals surface area contributed by atoms with Gasteiger partial charge in [-0.2, -0.15) is 5.26 Å². The van der Waals surface area contributed by atoms with Crippen LogP contribution in [-0.2, 0) is 4.79 Å². The predicted molar refractivity (Wildman–Crippen MR) is 67.2 cm³/mol. The maximum Gasteiger partial charge on any atom is 0.221 e. The summed E-state index contributed by atoms with van der Waals surface area (Å²) >= 11 is 0. The molecule has 96 valence electrons. The molecule has 0 radical (unpaired) electrons. The molecule has 4 nitrogen and oxygen atoms in total. The predicted octanol–water partition coefficient (Wildman–Crippen LogP) is 1.38. The van der Waals surface area contributed by atoms with Crippen molar-refractivity contribution in [2.75, 3.05) is 26.7 Å². The lowest BCUT2D eigenvalue weighted by atomic mass is 9.78. The van der Waals surface area contributed by atoms with Gasteiger partial charge in [0.15, 0.2) is 0 Å². The van der Waals surface area contributed by atoms with Gasteiger partial charge in [-0.05, 0) is 31.3 Å². The monoisotopic (exact) mass is 237 g/mol. The van der Waals surface area contributed by atoms with Gasteiger partial charge in [-0.1, -0.05) is 13.8 Å². The van der Waals surface area contributed by atoms with Gasteiger partial charge < -0.3 is 10.2 Å². The molecular formula is C13H23N3O. The van der Waals surface area contributed by atoms with Gasteiger partial charge >= 0.3 is 0 Å². The number of hydrogen-bond acceptors (Lipinski definition) is 3. The van der Waals surface area contributed by atoms with Crippen molar-refractivity contribution in [3.05, 3.63) is 0 Å². The minimum Gasteiger partial charge on any atom is -0.356 e. The number of likely N-dealkylation sites (tertiary alicyclic amines) is 1. The van der Waals surface area contributed by atoms with E-state index in [4.69, 9.17) is 5.26 Å². The van der Waals surface area contributed by atoms with E-state index in [-0.39, 0.29) is 11.3 Å². The van der Waals surface area contributed by atoms with E-state index in [2.05, 4.69) is 31.1 Å². The van der Waals surface area contributed by atoms with Crippen LogP contribution in [0.4, 0.5) is 0 Å². The Bertz CT molecular complexity index is 306. The molecule has 1 N–H and O–H groups in total. The van der Waals surface area contributed by atoms with Gasteiger partial charge in [-0.3, -0.25) is 4.79 Å². The number of amides is 1. The number of carbonyl (C=O) groups is 1. The van der Waals surface area contributed by atoms with E-state index in [0.717, 1.165) is 13.1 Å². The number of nitriles is 1. The van der Waals surface area contributed by atoms with E-state index >= 15 is 0 Å². The van der Waals surface area contributed by atoms with Crippen molar-refractivity contribution >= 4 is 5.91 Å². The second-order valence-electron chi connectivity index (χ2n) is 5.67. The molecule has 0 aliphatic carbocycles. The standard InChI is InChI=1S/C13H23N3O/c1-13(2,11-6-8-16(3)9-11)10-15-12(17)5-4-7-14/h11H,4-6,8-10H2,1-3H3,(H,15,17). The number of nitrogens with zero attached hydrogens (tertiary/aromatic N) is 2. The van der Waals surface area contributed by atoms with Crippen molar-refractivity contribution < 1.29 is 4.79 Å². The van der Waals surface area contributed by atoms with E-state index in [1.807, 2.05) is 6.07 Å².